The highest BCUT2D eigenvalue weighted by atomic mass is 14.9. The van der Waals surface area contributed by atoms with E-state index in [9.17, 15) is 0 Å². The lowest BCUT2D eigenvalue weighted by atomic mass is 9.91. The molecule has 288 valence electrons. The molecule has 8 aromatic carbocycles. The first kappa shape index (κ1) is 38.0. The largest absolute Gasteiger partial charge is 0.247 e. The second-order valence-corrected chi connectivity index (χ2v) is 15.4. The molecule has 60 heavy (non-hydrogen) atoms. The SMILES string of the molecule is Cc1ccc(C2=Nc3ccccc3N=C(c3ccc(C)cc3)c3ccccc32)cc1.Cc1ccc2c(c1)C(c1ccccc1)=Nc1ccc(C)cc1C(c1ccccc1)=N2. The minimum Gasteiger partial charge on any atom is -0.247 e. The van der Waals surface area contributed by atoms with Crippen LogP contribution in [0.4, 0.5) is 22.7 Å². The smallest absolute Gasteiger partial charge is 0.0894 e. The van der Waals surface area contributed by atoms with Gasteiger partial charge in [-0.05, 0) is 64.1 Å². The number of aliphatic imine (C=N–C) groups is 4. The van der Waals surface area contributed by atoms with Gasteiger partial charge in [-0.15, -0.1) is 0 Å². The van der Waals surface area contributed by atoms with E-state index in [0.29, 0.717) is 0 Å². The zero-order valence-corrected chi connectivity index (χ0v) is 34.3. The van der Waals surface area contributed by atoms with Crippen LogP contribution in [0.1, 0.15) is 66.8 Å². The Morgan fingerprint density at radius 3 is 0.933 bits per heavy atom. The molecule has 0 fully saturated rings. The van der Waals surface area contributed by atoms with Gasteiger partial charge in [-0.25, -0.2) is 20.0 Å². The molecule has 0 amide bonds. The fourth-order valence-electron chi connectivity index (χ4n) is 7.64. The van der Waals surface area contributed by atoms with E-state index in [4.69, 9.17) is 20.0 Å². The van der Waals surface area contributed by atoms with E-state index >= 15 is 0 Å². The van der Waals surface area contributed by atoms with Crippen LogP contribution < -0.4 is 0 Å². The number of hydrogen-bond acceptors (Lipinski definition) is 4. The Morgan fingerprint density at radius 2 is 0.533 bits per heavy atom. The number of fused-ring (bicyclic) bond motifs is 4. The molecule has 2 aliphatic heterocycles. The standard InChI is InChI=1S/2C28H22N2/c1-19-13-15-25-23(17-19)27(21-9-5-3-6-10-21)30-26-16-14-20(2)18-24(26)28(29-25)22-11-7-4-8-12-22;1-19-11-15-21(16-12-19)27-23-7-3-4-8-24(23)28(22-17-13-20(2)14-18-22)30-26-10-6-5-9-25(26)29-27/h2*3-18H,1-2H3. The summed E-state index contributed by atoms with van der Waals surface area (Å²) in [5.74, 6) is 0. The maximum atomic E-state index is 5.20. The van der Waals surface area contributed by atoms with Gasteiger partial charge in [0, 0.05) is 44.5 Å². The molecule has 0 atom stereocenters. The van der Waals surface area contributed by atoms with Gasteiger partial charge in [-0.3, -0.25) is 0 Å². The Balaban J connectivity index is 0.000000154. The molecule has 0 saturated heterocycles. The molecule has 0 unspecified atom stereocenters. The number of aryl methyl sites for hydroxylation is 4. The molecule has 0 spiro atoms. The highest BCUT2D eigenvalue weighted by Crippen LogP contribution is 2.36. The van der Waals surface area contributed by atoms with Crippen molar-refractivity contribution in [1.82, 2.24) is 0 Å². The van der Waals surface area contributed by atoms with Crippen LogP contribution in [0, 0.1) is 27.7 Å². The monoisotopic (exact) mass is 772 g/mol. The molecule has 8 aromatic rings. The molecule has 0 bridgehead atoms. The summed E-state index contributed by atoms with van der Waals surface area (Å²) in [4.78, 5) is 20.6. The van der Waals surface area contributed by atoms with Crippen molar-refractivity contribution >= 4 is 45.6 Å². The summed E-state index contributed by atoms with van der Waals surface area (Å²) in [7, 11) is 0. The number of rotatable bonds is 4. The van der Waals surface area contributed by atoms with Gasteiger partial charge in [0.2, 0.25) is 0 Å². The summed E-state index contributed by atoms with van der Waals surface area (Å²) < 4.78 is 0. The van der Waals surface area contributed by atoms with Gasteiger partial charge < -0.3 is 0 Å². The van der Waals surface area contributed by atoms with Gasteiger partial charge in [-0.2, -0.15) is 0 Å². The van der Waals surface area contributed by atoms with Crippen molar-refractivity contribution in [3.05, 3.63) is 261 Å². The third-order valence-corrected chi connectivity index (χ3v) is 10.8. The minimum atomic E-state index is 0.882. The highest BCUT2D eigenvalue weighted by Gasteiger charge is 2.22. The van der Waals surface area contributed by atoms with Gasteiger partial charge in [0.05, 0.1) is 45.6 Å². The first-order valence-corrected chi connectivity index (χ1v) is 20.4. The van der Waals surface area contributed by atoms with Crippen LogP contribution in [0.15, 0.2) is 214 Å². The van der Waals surface area contributed by atoms with Crippen LogP contribution in [0.3, 0.4) is 0 Å². The number of para-hydroxylation sites is 2. The molecule has 2 heterocycles. The highest BCUT2D eigenvalue weighted by molar-refractivity contribution is 6.25. The molecule has 2 aliphatic rings. The topological polar surface area (TPSA) is 49.4 Å². The Bertz CT molecular complexity index is 2770. The maximum Gasteiger partial charge on any atom is 0.0894 e. The normalized spacial score (nSPS) is 12.7. The number of hydrogen-bond donors (Lipinski definition) is 0. The van der Waals surface area contributed by atoms with E-state index in [1.807, 2.05) is 36.4 Å². The van der Waals surface area contributed by atoms with Crippen molar-refractivity contribution in [3.63, 3.8) is 0 Å². The summed E-state index contributed by atoms with van der Waals surface area (Å²) >= 11 is 0. The lowest BCUT2D eigenvalue weighted by Crippen LogP contribution is -2.14. The Labute approximate surface area is 352 Å². The third-order valence-electron chi connectivity index (χ3n) is 10.8. The average molecular weight is 773 g/mol. The van der Waals surface area contributed by atoms with Crippen LogP contribution in [0.5, 0.6) is 0 Å². The minimum absolute atomic E-state index is 0.882. The Kier molecular flexibility index (Phi) is 10.6. The van der Waals surface area contributed by atoms with Crippen LogP contribution in [-0.2, 0) is 0 Å². The van der Waals surface area contributed by atoms with Crippen molar-refractivity contribution in [2.45, 2.75) is 27.7 Å². The number of benzene rings is 8. The van der Waals surface area contributed by atoms with Gasteiger partial charge in [0.1, 0.15) is 0 Å². The fourth-order valence-corrected chi connectivity index (χ4v) is 7.64. The quantitative estimate of drug-likeness (QED) is 0.171. The summed E-state index contributed by atoms with van der Waals surface area (Å²) in [6, 6.07) is 67.3. The van der Waals surface area contributed by atoms with Crippen LogP contribution in [-0.4, -0.2) is 22.8 Å². The van der Waals surface area contributed by atoms with Crippen LogP contribution in [0.2, 0.25) is 0 Å². The van der Waals surface area contributed by atoms with E-state index in [1.165, 1.54) is 22.3 Å². The maximum absolute atomic E-state index is 5.20. The van der Waals surface area contributed by atoms with Crippen LogP contribution in [0.25, 0.3) is 0 Å². The molecule has 0 aromatic heterocycles. The van der Waals surface area contributed by atoms with Gasteiger partial charge in [0.25, 0.3) is 0 Å². The lowest BCUT2D eigenvalue weighted by molar-refractivity contribution is 1.35. The molecular weight excluding hydrogens is 729 g/mol. The third kappa shape index (κ3) is 7.96. The molecule has 0 N–H and O–H groups in total. The lowest BCUT2D eigenvalue weighted by Gasteiger charge is -2.19. The summed E-state index contributed by atoms with van der Waals surface area (Å²) in [6.07, 6.45) is 0. The second kappa shape index (κ2) is 16.7. The summed E-state index contributed by atoms with van der Waals surface area (Å²) in [5.41, 5.74) is 21.0. The predicted molar refractivity (Wildman–Crippen MR) is 252 cm³/mol. The van der Waals surface area contributed by atoms with Gasteiger partial charge in [-0.1, -0.05) is 180 Å². The van der Waals surface area contributed by atoms with E-state index in [1.54, 1.807) is 0 Å². The molecule has 4 nitrogen and oxygen atoms in total. The molecule has 0 radical (unpaired) electrons. The van der Waals surface area contributed by atoms with E-state index in [-0.39, 0.29) is 0 Å². The molecule has 0 saturated carbocycles. The molecular formula is C56H44N4. The van der Waals surface area contributed by atoms with Crippen molar-refractivity contribution < 1.29 is 0 Å². The van der Waals surface area contributed by atoms with E-state index in [0.717, 1.165) is 90.1 Å². The van der Waals surface area contributed by atoms with Crippen molar-refractivity contribution in [1.29, 1.82) is 0 Å². The second-order valence-electron chi connectivity index (χ2n) is 15.4. The molecule has 0 aliphatic carbocycles. The molecule has 10 rings (SSSR count). The van der Waals surface area contributed by atoms with Crippen molar-refractivity contribution in [3.8, 4) is 0 Å². The Hall–Kier alpha value is -7.56. The first-order valence-electron chi connectivity index (χ1n) is 20.4. The first-order chi connectivity index (χ1) is 29.4. The van der Waals surface area contributed by atoms with Gasteiger partial charge >= 0.3 is 0 Å². The summed E-state index contributed by atoms with van der Waals surface area (Å²) in [6.45, 7) is 8.44. The fraction of sp³-hybridized carbons (Fsp3) is 0.0714. The van der Waals surface area contributed by atoms with E-state index < -0.39 is 0 Å². The van der Waals surface area contributed by atoms with Crippen LogP contribution >= 0.6 is 0 Å². The molecule has 4 heteroatoms. The zero-order chi connectivity index (χ0) is 41.0. The Morgan fingerprint density at radius 1 is 0.233 bits per heavy atom. The zero-order valence-electron chi connectivity index (χ0n) is 34.3. The predicted octanol–water partition coefficient (Wildman–Crippen LogP) is 13.9. The number of nitrogens with zero attached hydrogens (tertiary/aromatic N) is 4. The van der Waals surface area contributed by atoms with Gasteiger partial charge in [0.15, 0.2) is 0 Å². The summed E-state index contributed by atoms with van der Waals surface area (Å²) in [5, 5.41) is 0. The van der Waals surface area contributed by atoms with Crippen molar-refractivity contribution in [2.75, 3.05) is 0 Å². The van der Waals surface area contributed by atoms with Crippen molar-refractivity contribution in [2.24, 2.45) is 20.0 Å². The average Bonchev–Trinajstić information content (AvgIpc) is 3.27. The van der Waals surface area contributed by atoms with E-state index in [2.05, 4.69) is 185 Å².